The molecule has 3 heterocycles. The molecule has 0 bridgehead atoms. The van der Waals surface area contributed by atoms with Gasteiger partial charge >= 0.3 is 0 Å². The number of piperazine rings is 1. The zero-order chi connectivity index (χ0) is 19.7. The van der Waals surface area contributed by atoms with Gasteiger partial charge in [0.25, 0.3) is 0 Å². The Morgan fingerprint density at radius 2 is 1.96 bits per heavy atom. The molecule has 0 radical (unpaired) electrons. The molecule has 0 saturated carbocycles. The Kier molecular flexibility index (Phi) is 5.23. The van der Waals surface area contributed by atoms with Crippen LogP contribution in [0.25, 0.3) is 21.3 Å². The lowest BCUT2D eigenvalue weighted by atomic mass is 10.1. The first-order valence-electron chi connectivity index (χ1n) is 9.31. The molecule has 1 fully saturated rings. The van der Waals surface area contributed by atoms with Crippen LogP contribution in [-0.4, -0.2) is 67.6 Å². The number of hydrogen-bond donors (Lipinski definition) is 1. The van der Waals surface area contributed by atoms with Gasteiger partial charge in [0.05, 0.1) is 45.2 Å². The summed E-state index contributed by atoms with van der Waals surface area (Å²) in [6.07, 6.45) is 1.53. The number of likely N-dealkylation sites (N-methyl/N-ethyl adjacent to an activating group) is 2. The normalized spacial score (nSPS) is 15.2. The molecule has 28 heavy (non-hydrogen) atoms. The Balaban J connectivity index is 1.62. The number of carbonyl (C=O) groups is 1. The molecule has 0 spiro atoms. The van der Waals surface area contributed by atoms with Gasteiger partial charge in [-0.3, -0.25) is 4.79 Å². The standard InChI is InChI=1S/C20H22FN5OS/c1-24-7-9-26(10-8-24)17(27)11-25(2)19-18-16(12-28-20(18)23-13-22-19)14-3-5-15(21)6-4-14/h3-6,12-13H,7-11H2,1-2H3/p+1. The Labute approximate surface area is 167 Å². The van der Waals surface area contributed by atoms with Crippen LogP contribution >= 0.6 is 11.3 Å². The van der Waals surface area contributed by atoms with Crippen LogP contribution in [0.15, 0.2) is 36.0 Å². The highest BCUT2D eigenvalue weighted by Gasteiger charge is 2.24. The van der Waals surface area contributed by atoms with E-state index in [4.69, 9.17) is 0 Å². The molecule has 1 N–H and O–H groups in total. The van der Waals surface area contributed by atoms with Crippen molar-refractivity contribution in [1.29, 1.82) is 0 Å². The minimum Gasteiger partial charge on any atom is -0.350 e. The highest BCUT2D eigenvalue weighted by Crippen LogP contribution is 2.37. The summed E-state index contributed by atoms with van der Waals surface area (Å²) in [6.45, 7) is 3.80. The molecule has 0 unspecified atom stereocenters. The van der Waals surface area contributed by atoms with E-state index in [0.29, 0.717) is 0 Å². The lowest BCUT2D eigenvalue weighted by molar-refractivity contribution is -0.883. The summed E-state index contributed by atoms with van der Waals surface area (Å²) in [5.74, 6) is 0.565. The number of rotatable bonds is 4. The van der Waals surface area contributed by atoms with Gasteiger partial charge in [-0.05, 0) is 17.7 Å². The molecule has 1 amide bonds. The third kappa shape index (κ3) is 3.70. The smallest absolute Gasteiger partial charge is 0.242 e. The number of fused-ring (bicyclic) bond motifs is 1. The highest BCUT2D eigenvalue weighted by atomic mass is 32.1. The van der Waals surface area contributed by atoms with E-state index >= 15 is 0 Å². The summed E-state index contributed by atoms with van der Waals surface area (Å²) in [6, 6.07) is 6.41. The maximum absolute atomic E-state index is 13.3. The van der Waals surface area contributed by atoms with E-state index in [2.05, 4.69) is 17.0 Å². The fourth-order valence-corrected chi connectivity index (χ4v) is 4.42. The Morgan fingerprint density at radius 1 is 1.25 bits per heavy atom. The van der Waals surface area contributed by atoms with Crippen molar-refractivity contribution in [3.05, 3.63) is 41.8 Å². The van der Waals surface area contributed by atoms with Gasteiger partial charge in [0.1, 0.15) is 22.8 Å². The first kappa shape index (κ1) is 18.8. The van der Waals surface area contributed by atoms with Crippen LogP contribution in [0.1, 0.15) is 0 Å². The Bertz CT molecular complexity index is 982. The van der Waals surface area contributed by atoms with E-state index in [1.54, 1.807) is 12.1 Å². The number of halogens is 1. The van der Waals surface area contributed by atoms with Crippen LogP contribution < -0.4 is 9.80 Å². The van der Waals surface area contributed by atoms with Crippen molar-refractivity contribution in [3.63, 3.8) is 0 Å². The number of quaternary nitrogens is 1. The second-order valence-corrected chi connectivity index (χ2v) is 8.09. The van der Waals surface area contributed by atoms with E-state index in [9.17, 15) is 9.18 Å². The maximum atomic E-state index is 13.3. The van der Waals surface area contributed by atoms with E-state index < -0.39 is 0 Å². The molecule has 3 aromatic rings. The largest absolute Gasteiger partial charge is 0.350 e. The summed E-state index contributed by atoms with van der Waals surface area (Å²) in [7, 11) is 4.03. The van der Waals surface area contributed by atoms with Gasteiger partial charge < -0.3 is 14.7 Å². The highest BCUT2D eigenvalue weighted by molar-refractivity contribution is 7.17. The molecule has 8 heteroatoms. The van der Waals surface area contributed by atoms with Gasteiger partial charge in [-0.2, -0.15) is 0 Å². The molecule has 6 nitrogen and oxygen atoms in total. The SMILES string of the molecule is CN(CC(=O)N1CC[NH+](C)CC1)c1ncnc2scc(-c3ccc(F)cc3)c12. The monoisotopic (exact) mass is 400 g/mol. The average molecular weight is 401 g/mol. The van der Waals surface area contributed by atoms with Crippen LogP contribution in [0.3, 0.4) is 0 Å². The number of anilines is 1. The minimum absolute atomic E-state index is 0.111. The molecule has 1 aliphatic heterocycles. The molecule has 0 aliphatic carbocycles. The molecular formula is C20H23FN5OS+. The van der Waals surface area contributed by atoms with Gasteiger partial charge in [-0.25, -0.2) is 14.4 Å². The molecule has 2 aromatic heterocycles. The summed E-state index contributed by atoms with van der Waals surface area (Å²) in [5.41, 5.74) is 1.86. The fourth-order valence-electron chi connectivity index (χ4n) is 3.51. The second kappa shape index (κ2) is 7.81. The van der Waals surface area contributed by atoms with Crippen molar-refractivity contribution in [2.75, 3.05) is 51.7 Å². The lowest BCUT2D eigenvalue weighted by Gasteiger charge is -2.31. The number of benzene rings is 1. The second-order valence-electron chi connectivity index (χ2n) is 7.23. The molecule has 4 rings (SSSR count). The first-order chi connectivity index (χ1) is 13.5. The number of nitrogens with zero attached hydrogens (tertiary/aromatic N) is 4. The van der Waals surface area contributed by atoms with Crippen LogP contribution in [-0.2, 0) is 4.79 Å². The van der Waals surface area contributed by atoms with Gasteiger partial charge in [0, 0.05) is 18.0 Å². The molecule has 1 saturated heterocycles. The molecule has 146 valence electrons. The zero-order valence-electron chi connectivity index (χ0n) is 16.0. The van der Waals surface area contributed by atoms with Gasteiger partial charge in [0.15, 0.2) is 0 Å². The van der Waals surface area contributed by atoms with E-state index in [-0.39, 0.29) is 18.3 Å². The summed E-state index contributed by atoms with van der Waals surface area (Å²) in [4.78, 5) is 27.7. The number of hydrogen-bond acceptors (Lipinski definition) is 5. The predicted molar refractivity (Wildman–Crippen MR) is 109 cm³/mol. The minimum atomic E-state index is -0.267. The van der Waals surface area contributed by atoms with E-state index in [1.807, 2.05) is 22.2 Å². The van der Waals surface area contributed by atoms with Crippen molar-refractivity contribution in [1.82, 2.24) is 14.9 Å². The van der Waals surface area contributed by atoms with Crippen molar-refractivity contribution in [2.45, 2.75) is 0 Å². The van der Waals surface area contributed by atoms with Crippen molar-refractivity contribution in [3.8, 4) is 11.1 Å². The number of aromatic nitrogens is 2. The van der Waals surface area contributed by atoms with Gasteiger partial charge in [-0.1, -0.05) is 12.1 Å². The van der Waals surface area contributed by atoms with Crippen LogP contribution in [0.5, 0.6) is 0 Å². The van der Waals surface area contributed by atoms with E-state index in [1.165, 1.54) is 34.7 Å². The Hall–Kier alpha value is -2.58. The lowest BCUT2D eigenvalue weighted by Crippen LogP contribution is -3.12. The average Bonchev–Trinajstić information content (AvgIpc) is 3.13. The van der Waals surface area contributed by atoms with Crippen LogP contribution in [0.2, 0.25) is 0 Å². The number of thiophene rings is 1. The third-order valence-corrected chi connectivity index (χ3v) is 6.10. The van der Waals surface area contributed by atoms with Crippen molar-refractivity contribution < 1.29 is 14.1 Å². The topological polar surface area (TPSA) is 53.8 Å². The molecule has 1 aromatic carbocycles. The van der Waals surface area contributed by atoms with Crippen LogP contribution in [0.4, 0.5) is 10.2 Å². The molecule has 1 aliphatic rings. The van der Waals surface area contributed by atoms with Crippen molar-refractivity contribution in [2.24, 2.45) is 0 Å². The number of amides is 1. The molecule has 0 atom stereocenters. The van der Waals surface area contributed by atoms with Gasteiger partial charge in [0.2, 0.25) is 5.91 Å². The van der Waals surface area contributed by atoms with Crippen LogP contribution in [0, 0.1) is 5.82 Å². The van der Waals surface area contributed by atoms with Gasteiger partial charge in [-0.15, -0.1) is 11.3 Å². The quantitative estimate of drug-likeness (QED) is 0.717. The first-order valence-corrected chi connectivity index (χ1v) is 10.2. The number of nitrogens with one attached hydrogen (secondary N) is 1. The zero-order valence-corrected chi connectivity index (χ0v) is 16.8. The molecular weight excluding hydrogens is 377 g/mol. The summed E-state index contributed by atoms with van der Waals surface area (Å²) < 4.78 is 13.3. The fraction of sp³-hybridized carbons (Fsp3) is 0.350. The Morgan fingerprint density at radius 3 is 2.68 bits per heavy atom. The summed E-state index contributed by atoms with van der Waals surface area (Å²) in [5, 5.41) is 2.91. The maximum Gasteiger partial charge on any atom is 0.242 e. The summed E-state index contributed by atoms with van der Waals surface area (Å²) >= 11 is 1.52. The van der Waals surface area contributed by atoms with Crippen molar-refractivity contribution >= 4 is 33.3 Å². The predicted octanol–water partition coefficient (Wildman–Crippen LogP) is 1.29. The van der Waals surface area contributed by atoms with E-state index in [0.717, 1.165) is 53.3 Å². The third-order valence-electron chi connectivity index (χ3n) is 5.21. The number of carbonyl (C=O) groups excluding carboxylic acids is 1.